The Bertz CT molecular complexity index is 1640. The number of carbonyl (C=O) groups is 5. The highest BCUT2D eigenvalue weighted by Gasteiger charge is 2.31. The molecule has 5 amide bonds. The van der Waals surface area contributed by atoms with Crippen LogP contribution in [0.3, 0.4) is 0 Å². The molecule has 4 atom stereocenters. The first-order valence-corrected chi connectivity index (χ1v) is 16.5. The van der Waals surface area contributed by atoms with E-state index in [0.29, 0.717) is 12.8 Å². The van der Waals surface area contributed by atoms with Crippen LogP contribution >= 0.6 is 0 Å². The lowest BCUT2D eigenvalue weighted by atomic mass is 9.98. The van der Waals surface area contributed by atoms with Gasteiger partial charge in [0.1, 0.15) is 29.9 Å². The average Bonchev–Trinajstić information content (AvgIpc) is 3.06. The lowest BCUT2D eigenvalue weighted by Crippen LogP contribution is -2.59. The van der Waals surface area contributed by atoms with Crippen LogP contribution in [0.25, 0.3) is 0 Å². The second kappa shape index (κ2) is 17.6. The van der Waals surface area contributed by atoms with Gasteiger partial charge >= 0.3 is 0 Å². The molecule has 0 radical (unpaired) electrons. The van der Waals surface area contributed by atoms with Crippen LogP contribution in [-0.2, 0) is 43.2 Å². The Kier molecular flexibility index (Phi) is 13.1. The number of nitrogens with one attached hydrogen (secondary N) is 4. The van der Waals surface area contributed by atoms with Gasteiger partial charge in [0, 0.05) is 19.3 Å². The van der Waals surface area contributed by atoms with Crippen LogP contribution in [0.4, 0.5) is 0 Å². The van der Waals surface area contributed by atoms with Gasteiger partial charge in [-0.15, -0.1) is 0 Å². The molecule has 3 aromatic carbocycles. The van der Waals surface area contributed by atoms with Crippen molar-refractivity contribution in [2.75, 3.05) is 0 Å². The van der Waals surface area contributed by atoms with Crippen LogP contribution in [0.15, 0.2) is 84.9 Å². The molecule has 1 aliphatic heterocycles. The summed E-state index contributed by atoms with van der Waals surface area (Å²) in [6.07, 6.45) is 4.95. The number of primary amides is 1. The third-order valence-electron chi connectivity index (χ3n) is 8.59. The van der Waals surface area contributed by atoms with Gasteiger partial charge in [-0.05, 0) is 79.5 Å². The van der Waals surface area contributed by atoms with Crippen molar-refractivity contribution in [3.63, 3.8) is 0 Å². The van der Waals surface area contributed by atoms with E-state index in [9.17, 15) is 29.1 Å². The summed E-state index contributed by atoms with van der Waals surface area (Å²) >= 11 is 0. The van der Waals surface area contributed by atoms with Crippen LogP contribution in [0.1, 0.15) is 53.5 Å². The minimum absolute atomic E-state index is 0.100. The largest absolute Gasteiger partial charge is 0.508 e. The second-order valence-electron chi connectivity index (χ2n) is 12.4. The number of hydrogen-bond acceptors (Lipinski definition) is 6. The van der Waals surface area contributed by atoms with E-state index in [0.717, 1.165) is 27.8 Å². The second-order valence-corrected chi connectivity index (χ2v) is 12.4. The van der Waals surface area contributed by atoms with Gasteiger partial charge in [-0.25, -0.2) is 0 Å². The maximum absolute atomic E-state index is 13.9. The molecule has 0 aromatic heterocycles. The van der Waals surface area contributed by atoms with E-state index in [1.165, 1.54) is 0 Å². The molecule has 0 saturated carbocycles. The minimum atomic E-state index is -1.09. The Hall–Kier alpha value is -5.45. The van der Waals surface area contributed by atoms with Gasteiger partial charge in [0.25, 0.3) is 0 Å². The summed E-state index contributed by atoms with van der Waals surface area (Å²) in [6.45, 7) is 3.73. The van der Waals surface area contributed by atoms with Gasteiger partial charge in [0.15, 0.2) is 0 Å². The fourth-order valence-electron chi connectivity index (χ4n) is 5.94. The minimum Gasteiger partial charge on any atom is -0.508 e. The Morgan fingerprint density at radius 2 is 1.33 bits per heavy atom. The van der Waals surface area contributed by atoms with E-state index in [1.807, 2.05) is 74.5 Å². The van der Waals surface area contributed by atoms with Crippen LogP contribution in [0.5, 0.6) is 5.75 Å². The highest BCUT2D eigenvalue weighted by atomic mass is 16.3. The normalized spacial score (nSPS) is 21.2. The highest BCUT2D eigenvalue weighted by Crippen LogP contribution is 2.22. The van der Waals surface area contributed by atoms with Crippen molar-refractivity contribution in [2.45, 2.75) is 83.0 Å². The van der Waals surface area contributed by atoms with E-state index in [-0.39, 0.29) is 43.8 Å². The maximum atomic E-state index is 13.9. The molecule has 0 saturated heterocycles. The van der Waals surface area contributed by atoms with Crippen LogP contribution < -0.4 is 27.0 Å². The van der Waals surface area contributed by atoms with Crippen LogP contribution in [0.2, 0.25) is 0 Å². The number of allylic oxidation sites excluding steroid dienone is 1. The molecule has 11 nitrogen and oxygen atoms in total. The molecule has 0 fully saturated rings. The SMILES string of the molecule is Cc1cc(O)cc(C)c1CCC(=O)N[C@@H]1C/C=C\CC[C@@H](C(N)=O)NC(=O)[C@H](Cc2ccccc2)NC(=O)[C@H](Cc2ccccc2)NC1=O. The zero-order valence-corrected chi connectivity index (χ0v) is 27.9. The fraction of sp³-hybridized carbons (Fsp3) is 0.342. The van der Waals surface area contributed by atoms with E-state index in [4.69, 9.17) is 5.73 Å². The Morgan fingerprint density at radius 3 is 1.88 bits per heavy atom. The highest BCUT2D eigenvalue weighted by molar-refractivity contribution is 5.95. The summed E-state index contributed by atoms with van der Waals surface area (Å²) < 4.78 is 0. The Balaban J connectivity index is 1.60. The molecule has 1 aliphatic rings. The molecule has 258 valence electrons. The molecule has 1 heterocycles. The van der Waals surface area contributed by atoms with Crippen molar-refractivity contribution < 1.29 is 29.1 Å². The molecule has 11 heteroatoms. The van der Waals surface area contributed by atoms with Crippen LogP contribution in [0, 0.1) is 13.8 Å². The van der Waals surface area contributed by atoms with Gasteiger partial charge in [0.2, 0.25) is 29.5 Å². The number of amides is 5. The zero-order valence-electron chi connectivity index (χ0n) is 27.9. The zero-order chi connectivity index (χ0) is 35.3. The first-order valence-electron chi connectivity index (χ1n) is 16.5. The Labute approximate surface area is 286 Å². The molecule has 3 aromatic rings. The van der Waals surface area contributed by atoms with Crippen LogP contribution in [-0.4, -0.2) is 58.8 Å². The lowest BCUT2D eigenvalue weighted by molar-refractivity contribution is -0.134. The molecule has 0 bridgehead atoms. The van der Waals surface area contributed by atoms with Crippen molar-refractivity contribution >= 4 is 29.5 Å². The van der Waals surface area contributed by atoms with E-state index in [1.54, 1.807) is 24.3 Å². The number of phenolic OH excluding ortho intramolecular Hbond substituents is 1. The third-order valence-corrected chi connectivity index (χ3v) is 8.59. The maximum Gasteiger partial charge on any atom is 0.243 e. The summed E-state index contributed by atoms with van der Waals surface area (Å²) in [7, 11) is 0. The summed E-state index contributed by atoms with van der Waals surface area (Å²) in [6, 6.07) is 17.4. The molecule has 0 aliphatic carbocycles. The molecule has 7 N–H and O–H groups in total. The molecule has 0 unspecified atom stereocenters. The predicted molar refractivity (Wildman–Crippen MR) is 186 cm³/mol. The van der Waals surface area contributed by atoms with Crippen molar-refractivity contribution in [2.24, 2.45) is 5.73 Å². The number of hydrogen-bond donors (Lipinski definition) is 6. The van der Waals surface area contributed by atoms with Gasteiger partial charge < -0.3 is 32.1 Å². The monoisotopic (exact) mass is 667 g/mol. The van der Waals surface area contributed by atoms with Gasteiger partial charge in [-0.2, -0.15) is 0 Å². The van der Waals surface area contributed by atoms with Crippen molar-refractivity contribution in [3.8, 4) is 5.75 Å². The number of carbonyl (C=O) groups excluding carboxylic acids is 5. The third kappa shape index (κ3) is 11.1. The fourth-order valence-corrected chi connectivity index (χ4v) is 5.94. The molecule has 49 heavy (non-hydrogen) atoms. The standard InChI is InChI=1S/C38H45N5O6/c1-24-20-28(44)21-25(2)29(24)18-19-34(45)40-31-17-11-5-10-16-30(35(39)46)41-37(48)32(22-26-12-6-3-7-13-26)43-38(49)33(42-36(31)47)23-27-14-8-4-9-15-27/h3-9,11-15,20-21,30-33,44H,10,16-19,22-23H2,1-2H3,(H2,39,46)(H,40,45)(H,41,48)(H,42,47)(H,43,49)/b11-5-/t30-,31+,32-,33-/m0/s1. The first kappa shape index (κ1) is 36.4. The number of phenols is 1. The van der Waals surface area contributed by atoms with Crippen molar-refractivity contribution in [1.82, 2.24) is 21.3 Å². The quantitative estimate of drug-likeness (QED) is 0.191. The summed E-state index contributed by atoms with van der Waals surface area (Å²) in [5.41, 5.74) is 9.86. The van der Waals surface area contributed by atoms with Gasteiger partial charge in [-0.3, -0.25) is 24.0 Å². The van der Waals surface area contributed by atoms with E-state index >= 15 is 0 Å². The number of aryl methyl sites for hydroxylation is 2. The number of nitrogens with two attached hydrogens (primary N) is 1. The lowest BCUT2D eigenvalue weighted by Gasteiger charge is -2.26. The number of aromatic hydroxyl groups is 1. The molecular formula is C38H45N5O6. The molecule has 0 spiro atoms. The molecule has 4 rings (SSSR count). The summed E-state index contributed by atoms with van der Waals surface area (Å²) in [5, 5.41) is 21.1. The number of rotatable bonds is 9. The smallest absolute Gasteiger partial charge is 0.243 e. The van der Waals surface area contributed by atoms with Crippen molar-refractivity contribution in [1.29, 1.82) is 0 Å². The topological polar surface area (TPSA) is 180 Å². The van der Waals surface area contributed by atoms with E-state index in [2.05, 4.69) is 21.3 Å². The van der Waals surface area contributed by atoms with Crippen molar-refractivity contribution in [3.05, 3.63) is 113 Å². The Morgan fingerprint density at radius 1 is 0.796 bits per heavy atom. The van der Waals surface area contributed by atoms with Gasteiger partial charge in [0.05, 0.1) is 0 Å². The summed E-state index contributed by atoms with van der Waals surface area (Å²) in [5.74, 6) is -2.63. The average molecular weight is 668 g/mol. The van der Waals surface area contributed by atoms with E-state index < -0.39 is 47.8 Å². The van der Waals surface area contributed by atoms with Gasteiger partial charge in [-0.1, -0.05) is 72.8 Å². The molecular weight excluding hydrogens is 622 g/mol. The number of benzene rings is 3. The predicted octanol–water partition coefficient (Wildman–Crippen LogP) is 2.59. The first-order chi connectivity index (χ1) is 23.5. The summed E-state index contributed by atoms with van der Waals surface area (Å²) in [4.78, 5) is 66.8.